The van der Waals surface area contributed by atoms with Crippen LogP contribution in [-0.2, 0) is 4.74 Å². The van der Waals surface area contributed by atoms with Crippen LogP contribution in [-0.4, -0.2) is 42.7 Å². The van der Waals surface area contributed by atoms with E-state index in [4.69, 9.17) is 4.74 Å². The molecule has 1 aliphatic heterocycles. The molecule has 0 aromatic heterocycles. The highest BCUT2D eigenvalue weighted by Crippen LogP contribution is 2.20. The van der Waals surface area contributed by atoms with Gasteiger partial charge in [-0.3, -0.25) is 4.79 Å². The van der Waals surface area contributed by atoms with Crippen molar-refractivity contribution in [1.82, 2.24) is 4.90 Å². The molecule has 2 atom stereocenters. The van der Waals surface area contributed by atoms with E-state index >= 15 is 0 Å². The number of alkyl halides is 2. The van der Waals surface area contributed by atoms with Crippen molar-refractivity contribution in [3.8, 4) is 5.75 Å². The molecule has 1 aromatic carbocycles. The van der Waals surface area contributed by atoms with E-state index in [0.29, 0.717) is 18.7 Å². The summed E-state index contributed by atoms with van der Waals surface area (Å²) < 4.78 is 34.2. The average Bonchev–Trinajstić information content (AvgIpc) is 2.40. The van der Waals surface area contributed by atoms with E-state index < -0.39 is 6.61 Å². The maximum atomic E-state index is 12.4. The van der Waals surface area contributed by atoms with E-state index in [1.807, 2.05) is 13.8 Å². The van der Waals surface area contributed by atoms with Crippen molar-refractivity contribution in [3.05, 3.63) is 29.8 Å². The van der Waals surface area contributed by atoms with Gasteiger partial charge in [-0.25, -0.2) is 0 Å². The summed E-state index contributed by atoms with van der Waals surface area (Å²) in [5.74, 6) is -0.216. The average molecular weight is 285 g/mol. The summed E-state index contributed by atoms with van der Waals surface area (Å²) in [7, 11) is 0. The van der Waals surface area contributed by atoms with Gasteiger partial charge in [0.2, 0.25) is 0 Å². The van der Waals surface area contributed by atoms with Gasteiger partial charge in [-0.05, 0) is 32.0 Å². The lowest BCUT2D eigenvalue weighted by Gasteiger charge is -2.36. The first-order valence-corrected chi connectivity index (χ1v) is 6.45. The zero-order chi connectivity index (χ0) is 14.7. The number of hydrogen-bond donors (Lipinski definition) is 0. The molecule has 0 N–H and O–H groups in total. The molecule has 2 unspecified atom stereocenters. The lowest BCUT2D eigenvalue weighted by Crippen LogP contribution is -2.50. The van der Waals surface area contributed by atoms with Crippen LogP contribution in [0.25, 0.3) is 0 Å². The predicted octanol–water partition coefficient (Wildman–Crippen LogP) is 2.54. The predicted molar refractivity (Wildman–Crippen MR) is 69.0 cm³/mol. The Balaban J connectivity index is 2.15. The fraction of sp³-hybridized carbons (Fsp3) is 0.500. The van der Waals surface area contributed by atoms with Crippen molar-refractivity contribution in [2.45, 2.75) is 32.6 Å². The molecule has 0 aliphatic carbocycles. The van der Waals surface area contributed by atoms with Crippen LogP contribution < -0.4 is 4.74 Å². The number of carbonyl (C=O) groups excluding carboxylic acids is 1. The van der Waals surface area contributed by atoms with Crippen molar-refractivity contribution >= 4 is 5.91 Å². The van der Waals surface area contributed by atoms with Gasteiger partial charge in [-0.2, -0.15) is 8.78 Å². The summed E-state index contributed by atoms with van der Waals surface area (Å²) in [4.78, 5) is 14.1. The maximum Gasteiger partial charge on any atom is 0.387 e. The number of ether oxygens (including phenoxy) is 2. The molecule has 6 heteroatoms. The van der Waals surface area contributed by atoms with Crippen LogP contribution in [0.5, 0.6) is 5.75 Å². The van der Waals surface area contributed by atoms with Gasteiger partial charge >= 0.3 is 6.61 Å². The van der Waals surface area contributed by atoms with Crippen molar-refractivity contribution in [2.24, 2.45) is 0 Å². The SMILES string of the molecule is CC1CN(C(=O)c2cccc(OC(F)F)c2)C(C)CO1. The Labute approximate surface area is 116 Å². The minimum atomic E-state index is -2.90. The van der Waals surface area contributed by atoms with Gasteiger partial charge in [0.25, 0.3) is 5.91 Å². The number of hydrogen-bond acceptors (Lipinski definition) is 3. The topological polar surface area (TPSA) is 38.8 Å². The van der Waals surface area contributed by atoms with Gasteiger partial charge in [0.15, 0.2) is 0 Å². The van der Waals surface area contributed by atoms with Gasteiger partial charge in [0, 0.05) is 12.1 Å². The third kappa shape index (κ3) is 3.45. The Morgan fingerprint density at radius 1 is 1.45 bits per heavy atom. The quantitative estimate of drug-likeness (QED) is 0.856. The molecule has 4 nitrogen and oxygen atoms in total. The number of carbonyl (C=O) groups is 1. The van der Waals surface area contributed by atoms with Crippen LogP contribution in [0.1, 0.15) is 24.2 Å². The molecule has 0 bridgehead atoms. The summed E-state index contributed by atoms with van der Waals surface area (Å²) in [6.07, 6.45) is -0.0318. The summed E-state index contributed by atoms with van der Waals surface area (Å²) in [5.41, 5.74) is 0.337. The molecule has 1 aromatic rings. The molecular formula is C14H17F2NO3. The van der Waals surface area contributed by atoms with Crippen LogP contribution in [0, 0.1) is 0 Å². The third-order valence-electron chi connectivity index (χ3n) is 3.17. The number of rotatable bonds is 3. The molecule has 110 valence electrons. The summed E-state index contributed by atoms with van der Waals surface area (Å²) in [6.45, 7) is 1.84. The first kappa shape index (κ1) is 14.7. The lowest BCUT2D eigenvalue weighted by molar-refractivity contribution is -0.0500. The fourth-order valence-corrected chi connectivity index (χ4v) is 2.16. The summed E-state index contributed by atoms with van der Waals surface area (Å²) in [6, 6.07) is 5.81. The molecule has 1 amide bonds. The van der Waals surface area contributed by atoms with E-state index in [9.17, 15) is 13.6 Å². The fourth-order valence-electron chi connectivity index (χ4n) is 2.16. The first-order valence-electron chi connectivity index (χ1n) is 6.45. The van der Waals surface area contributed by atoms with Crippen LogP contribution in [0.2, 0.25) is 0 Å². The van der Waals surface area contributed by atoms with Gasteiger partial charge in [-0.15, -0.1) is 0 Å². The van der Waals surface area contributed by atoms with Crippen molar-refractivity contribution in [1.29, 1.82) is 0 Å². The van der Waals surface area contributed by atoms with Gasteiger partial charge in [0.05, 0.1) is 18.8 Å². The van der Waals surface area contributed by atoms with Crippen LogP contribution in [0.15, 0.2) is 24.3 Å². The monoisotopic (exact) mass is 285 g/mol. The highest BCUT2D eigenvalue weighted by atomic mass is 19.3. The number of morpholine rings is 1. The van der Waals surface area contributed by atoms with E-state index in [0.717, 1.165) is 0 Å². The minimum Gasteiger partial charge on any atom is -0.435 e. The van der Waals surface area contributed by atoms with Crippen LogP contribution in [0.4, 0.5) is 8.78 Å². The second-order valence-electron chi connectivity index (χ2n) is 4.86. The molecule has 2 rings (SSSR count). The summed E-state index contributed by atoms with van der Waals surface area (Å²) >= 11 is 0. The molecule has 20 heavy (non-hydrogen) atoms. The molecular weight excluding hydrogens is 268 g/mol. The Hall–Kier alpha value is -1.69. The zero-order valence-electron chi connectivity index (χ0n) is 11.4. The van der Waals surface area contributed by atoms with Gasteiger partial charge < -0.3 is 14.4 Å². The molecule has 1 saturated heterocycles. The maximum absolute atomic E-state index is 12.4. The van der Waals surface area contributed by atoms with Gasteiger partial charge in [0.1, 0.15) is 5.75 Å². The van der Waals surface area contributed by atoms with Gasteiger partial charge in [-0.1, -0.05) is 6.07 Å². The first-order chi connectivity index (χ1) is 9.47. The van der Waals surface area contributed by atoms with E-state index in [1.165, 1.54) is 18.2 Å². The third-order valence-corrected chi connectivity index (χ3v) is 3.17. The van der Waals surface area contributed by atoms with Crippen LogP contribution in [0.3, 0.4) is 0 Å². The molecule has 0 spiro atoms. The largest absolute Gasteiger partial charge is 0.435 e. The number of nitrogens with zero attached hydrogens (tertiary/aromatic N) is 1. The van der Waals surface area contributed by atoms with E-state index in [1.54, 1.807) is 11.0 Å². The molecule has 1 fully saturated rings. The summed E-state index contributed by atoms with van der Waals surface area (Å²) in [5, 5.41) is 0. The Kier molecular flexibility index (Phi) is 4.54. The number of halogens is 2. The molecule has 1 aliphatic rings. The zero-order valence-corrected chi connectivity index (χ0v) is 11.4. The standard InChI is InChI=1S/C14H17F2NO3/c1-9-8-19-10(2)7-17(9)13(18)11-4-3-5-12(6-11)20-14(15)16/h3-6,9-10,14H,7-8H2,1-2H3. The van der Waals surface area contributed by atoms with Crippen molar-refractivity contribution in [2.75, 3.05) is 13.2 Å². The Morgan fingerprint density at radius 2 is 2.20 bits per heavy atom. The molecule has 0 radical (unpaired) electrons. The lowest BCUT2D eigenvalue weighted by atomic mass is 10.1. The second-order valence-corrected chi connectivity index (χ2v) is 4.86. The molecule has 0 saturated carbocycles. The smallest absolute Gasteiger partial charge is 0.387 e. The Bertz CT molecular complexity index is 481. The molecule has 1 heterocycles. The number of amides is 1. The van der Waals surface area contributed by atoms with E-state index in [-0.39, 0.29) is 23.8 Å². The normalized spacial score (nSPS) is 22.9. The van der Waals surface area contributed by atoms with Crippen LogP contribution >= 0.6 is 0 Å². The second kappa shape index (κ2) is 6.17. The minimum absolute atomic E-state index is 0.0141. The number of benzene rings is 1. The van der Waals surface area contributed by atoms with Crippen molar-refractivity contribution < 1.29 is 23.0 Å². The highest BCUT2D eigenvalue weighted by molar-refractivity contribution is 5.94. The highest BCUT2D eigenvalue weighted by Gasteiger charge is 2.28. The Morgan fingerprint density at radius 3 is 2.90 bits per heavy atom. The van der Waals surface area contributed by atoms with E-state index in [2.05, 4.69) is 4.74 Å². The van der Waals surface area contributed by atoms with Crippen molar-refractivity contribution in [3.63, 3.8) is 0 Å².